The van der Waals surface area contributed by atoms with Gasteiger partial charge in [0.05, 0.1) is 5.75 Å². The van der Waals surface area contributed by atoms with Crippen LogP contribution in [0, 0.1) is 0 Å². The maximum Gasteiger partial charge on any atom is 0.389 e. The first-order chi connectivity index (χ1) is 7.71. The van der Waals surface area contributed by atoms with Crippen LogP contribution in [0.1, 0.15) is 25.7 Å². The summed E-state index contributed by atoms with van der Waals surface area (Å²) >= 11 is 0. The fourth-order valence-electron chi connectivity index (χ4n) is 1.81. The van der Waals surface area contributed by atoms with Crippen molar-refractivity contribution >= 4 is 10.0 Å². The van der Waals surface area contributed by atoms with E-state index in [0.717, 1.165) is 6.42 Å². The van der Waals surface area contributed by atoms with Crippen molar-refractivity contribution in [2.24, 2.45) is 5.73 Å². The van der Waals surface area contributed by atoms with E-state index in [1.807, 2.05) is 0 Å². The van der Waals surface area contributed by atoms with Crippen LogP contribution in [0.3, 0.4) is 0 Å². The van der Waals surface area contributed by atoms with Gasteiger partial charge in [-0.05, 0) is 19.3 Å². The molecule has 2 N–H and O–H groups in total. The Morgan fingerprint density at radius 2 is 2.00 bits per heavy atom. The largest absolute Gasteiger partial charge is 0.389 e. The summed E-state index contributed by atoms with van der Waals surface area (Å²) in [4.78, 5) is 0. The molecule has 0 saturated carbocycles. The highest BCUT2D eigenvalue weighted by molar-refractivity contribution is 7.89. The molecule has 0 aromatic rings. The monoisotopic (exact) mass is 274 g/mol. The Bertz CT molecular complexity index is 343. The minimum absolute atomic E-state index is 0.207. The maximum atomic E-state index is 11.9. The summed E-state index contributed by atoms with van der Waals surface area (Å²) in [7, 11) is -3.59. The molecule has 17 heavy (non-hydrogen) atoms. The van der Waals surface area contributed by atoms with Crippen molar-refractivity contribution < 1.29 is 21.6 Å². The number of hydrogen-bond acceptors (Lipinski definition) is 3. The number of rotatable bonds is 4. The van der Waals surface area contributed by atoms with Crippen LogP contribution in [0.2, 0.25) is 0 Å². The minimum Gasteiger partial charge on any atom is -0.327 e. The molecule has 1 saturated heterocycles. The van der Waals surface area contributed by atoms with Crippen LogP contribution in [0.25, 0.3) is 0 Å². The van der Waals surface area contributed by atoms with Gasteiger partial charge in [-0.2, -0.15) is 13.2 Å². The van der Waals surface area contributed by atoms with Crippen molar-refractivity contribution in [3.8, 4) is 0 Å². The zero-order chi connectivity index (χ0) is 13.1. The average molecular weight is 274 g/mol. The predicted molar refractivity (Wildman–Crippen MR) is 57.9 cm³/mol. The standard InChI is InChI=1S/C9H17F3N2O2S/c10-9(11,12)4-2-6-17(15,16)14-5-1-3-8(13)7-14/h8H,1-7,13H2/t8-/m1/s1. The van der Waals surface area contributed by atoms with Crippen LogP contribution in [-0.2, 0) is 10.0 Å². The SMILES string of the molecule is N[C@@H]1CCCN(S(=O)(=O)CCCC(F)(F)F)C1. The number of sulfonamides is 1. The van der Waals surface area contributed by atoms with Crippen LogP contribution in [0.4, 0.5) is 13.2 Å². The van der Waals surface area contributed by atoms with Crippen molar-refractivity contribution in [3.63, 3.8) is 0 Å². The molecule has 4 nitrogen and oxygen atoms in total. The van der Waals surface area contributed by atoms with E-state index in [1.165, 1.54) is 4.31 Å². The molecule has 8 heteroatoms. The quantitative estimate of drug-likeness (QED) is 0.834. The molecule has 0 aliphatic carbocycles. The molecule has 0 amide bonds. The van der Waals surface area contributed by atoms with Crippen LogP contribution in [0.5, 0.6) is 0 Å². The zero-order valence-electron chi connectivity index (χ0n) is 9.41. The zero-order valence-corrected chi connectivity index (χ0v) is 10.2. The van der Waals surface area contributed by atoms with E-state index in [-0.39, 0.29) is 12.6 Å². The number of hydrogen-bond donors (Lipinski definition) is 1. The second-order valence-electron chi connectivity index (χ2n) is 4.30. The molecule has 0 aromatic carbocycles. The predicted octanol–water partition coefficient (Wildman–Crippen LogP) is 1.08. The second kappa shape index (κ2) is 5.53. The van der Waals surface area contributed by atoms with E-state index in [1.54, 1.807) is 0 Å². The lowest BCUT2D eigenvalue weighted by molar-refractivity contribution is -0.134. The number of nitrogens with two attached hydrogens (primary N) is 1. The van der Waals surface area contributed by atoms with Crippen LogP contribution in [-0.4, -0.2) is 43.8 Å². The number of piperidine rings is 1. The summed E-state index contributed by atoms with van der Waals surface area (Å²) < 4.78 is 60.4. The lowest BCUT2D eigenvalue weighted by Gasteiger charge is -2.29. The average Bonchev–Trinajstić information content (AvgIpc) is 2.15. The smallest absolute Gasteiger partial charge is 0.327 e. The normalized spacial score (nSPS) is 23.9. The summed E-state index contributed by atoms with van der Waals surface area (Å²) in [6.45, 7) is 0.580. The topological polar surface area (TPSA) is 63.4 Å². The van der Waals surface area contributed by atoms with E-state index in [9.17, 15) is 21.6 Å². The fourth-order valence-corrected chi connectivity index (χ4v) is 3.40. The molecule has 1 atom stereocenters. The van der Waals surface area contributed by atoms with E-state index in [4.69, 9.17) is 5.73 Å². The summed E-state index contributed by atoms with van der Waals surface area (Å²) in [6.07, 6.45) is -4.33. The molecule has 0 aromatic heterocycles. The van der Waals surface area contributed by atoms with E-state index in [2.05, 4.69) is 0 Å². The summed E-state index contributed by atoms with van der Waals surface area (Å²) in [6, 6.07) is -0.207. The molecule has 0 radical (unpaired) electrons. The molecular formula is C9H17F3N2O2S. The van der Waals surface area contributed by atoms with Crippen molar-refractivity contribution in [1.29, 1.82) is 0 Å². The van der Waals surface area contributed by atoms with Gasteiger partial charge < -0.3 is 5.73 Å². The van der Waals surface area contributed by atoms with E-state index in [0.29, 0.717) is 13.0 Å². The van der Waals surface area contributed by atoms with Gasteiger partial charge in [-0.15, -0.1) is 0 Å². The lowest BCUT2D eigenvalue weighted by Crippen LogP contribution is -2.46. The third-order valence-electron chi connectivity index (χ3n) is 2.68. The van der Waals surface area contributed by atoms with Crippen molar-refractivity contribution in [1.82, 2.24) is 4.31 Å². The Hall–Kier alpha value is -0.340. The number of halogens is 3. The highest BCUT2D eigenvalue weighted by Crippen LogP contribution is 2.22. The molecular weight excluding hydrogens is 257 g/mol. The van der Waals surface area contributed by atoms with Gasteiger partial charge in [0, 0.05) is 25.6 Å². The molecule has 1 fully saturated rings. The molecule has 1 aliphatic heterocycles. The maximum absolute atomic E-state index is 11.9. The second-order valence-corrected chi connectivity index (χ2v) is 6.38. The Morgan fingerprint density at radius 1 is 1.35 bits per heavy atom. The van der Waals surface area contributed by atoms with Crippen LogP contribution in [0.15, 0.2) is 0 Å². The highest BCUT2D eigenvalue weighted by Gasteiger charge is 2.30. The van der Waals surface area contributed by atoms with Crippen molar-refractivity contribution in [3.05, 3.63) is 0 Å². The molecule has 102 valence electrons. The van der Waals surface area contributed by atoms with Crippen molar-refractivity contribution in [2.75, 3.05) is 18.8 Å². The molecule has 0 bridgehead atoms. The van der Waals surface area contributed by atoms with Gasteiger partial charge in [0.15, 0.2) is 0 Å². The van der Waals surface area contributed by atoms with Gasteiger partial charge in [-0.25, -0.2) is 12.7 Å². The van der Waals surface area contributed by atoms with Crippen molar-refractivity contribution in [2.45, 2.75) is 37.9 Å². The van der Waals surface area contributed by atoms with Gasteiger partial charge in [-0.1, -0.05) is 0 Å². The molecule has 1 heterocycles. The first kappa shape index (κ1) is 14.7. The fraction of sp³-hybridized carbons (Fsp3) is 1.00. The molecule has 1 aliphatic rings. The molecule has 0 unspecified atom stereocenters. The lowest BCUT2D eigenvalue weighted by atomic mass is 10.1. The Kier molecular flexibility index (Phi) is 4.79. The van der Waals surface area contributed by atoms with Gasteiger partial charge in [0.1, 0.15) is 0 Å². The van der Waals surface area contributed by atoms with Crippen LogP contribution < -0.4 is 5.73 Å². The van der Waals surface area contributed by atoms with Gasteiger partial charge in [0.2, 0.25) is 10.0 Å². The third kappa shape index (κ3) is 5.22. The van der Waals surface area contributed by atoms with Gasteiger partial charge in [0.25, 0.3) is 0 Å². The minimum atomic E-state index is -4.30. The van der Waals surface area contributed by atoms with E-state index >= 15 is 0 Å². The van der Waals surface area contributed by atoms with Crippen LogP contribution >= 0.6 is 0 Å². The molecule has 1 rings (SSSR count). The summed E-state index contributed by atoms with van der Waals surface area (Å²) in [5.41, 5.74) is 5.63. The number of alkyl halides is 3. The Balaban J connectivity index is 2.45. The van der Waals surface area contributed by atoms with E-state index < -0.39 is 34.8 Å². The first-order valence-electron chi connectivity index (χ1n) is 5.51. The summed E-state index contributed by atoms with van der Waals surface area (Å²) in [5.74, 6) is -0.459. The summed E-state index contributed by atoms with van der Waals surface area (Å²) in [5, 5.41) is 0. The Morgan fingerprint density at radius 3 is 2.53 bits per heavy atom. The molecule has 0 spiro atoms. The highest BCUT2D eigenvalue weighted by atomic mass is 32.2. The Labute approximate surface area is 99.0 Å². The third-order valence-corrected chi connectivity index (χ3v) is 4.60. The van der Waals surface area contributed by atoms with Gasteiger partial charge >= 0.3 is 6.18 Å². The van der Waals surface area contributed by atoms with Gasteiger partial charge in [-0.3, -0.25) is 0 Å². The number of nitrogens with zero attached hydrogens (tertiary/aromatic N) is 1. The first-order valence-corrected chi connectivity index (χ1v) is 7.12.